The van der Waals surface area contributed by atoms with Crippen molar-refractivity contribution in [3.8, 4) is 28.4 Å². The van der Waals surface area contributed by atoms with Crippen molar-refractivity contribution >= 4 is 11.9 Å². The molecule has 26 heavy (non-hydrogen) atoms. The van der Waals surface area contributed by atoms with E-state index in [0.717, 1.165) is 11.1 Å². The minimum Gasteiger partial charge on any atom is -0.507 e. The normalized spacial score (nSPS) is 14.2. The first kappa shape index (κ1) is 16.0. The summed E-state index contributed by atoms with van der Waals surface area (Å²) in [5.74, 6) is 1.16. The summed E-state index contributed by atoms with van der Waals surface area (Å²) < 4.78 is 11.0. The number of carbonyl (C=O) groups is 1. The minimum atomic E-state index is -0.252. The number of carbonyl (C=O) groups excluding carboxylic acids is 1. The Morgan fingerprint density at radius 3 is 2.54 bits per heavy atom. The van der Waals surface area contributed by atoms with E-state index in [1.807, 2.05) is 54.6 Å². The maximum absolute atomic E-state index is 13.0. The van der Waals surface area contributed by atoms with Gasteiger partial charge in [0.05, 0.1) is 12.7 Å². The van der Waals surface area contributed by atoms with E-state index in [-0.39, 0.29) is 17.3 Å². The molecule has 1 aliphatic rings. The lowest BCUT2D eigenvalue weighted by molar-refractivity contribution is 0.101. The molecule has 0 atom stereocenters. The quantitative estimate of drug-likeness (QED) is 0.701. The first-order chi connectivity index (χ1) is 12.7. The summed E-state index contributed by atoms with van der Waals surface area (Å²) in [6.07, 6.45) is 1.68. The number of ether oxygens (including phenoxy) is 2. The molecule has 4 nitrogen and oxygen atoms in total. The summed E-state index contributed by atoms with van der Waals surface area (Å²) in [6.45, 7) is 0. The van der Waals surface area contributed by atoms with E-state index in [2.05, 4.69) is 0 Å². The van der Waals surface area contributed by atoms with Gasteiger partial charge in [-0.15, -0.1) is 0 Å². The second-order valence-electron chi connectivity index (χ2n) is 5.92. The average Bonchev–Trinajstić information content (AvgIpc) is 2.98. The Labute approximate surface area is 150 Å². The molecule has 0 radical (unpaired) electrons. The summed E-state index contributed by atoms with van der Waals surface area (Å²) in [4.78, 5) is 13.0. The average molecular weight is 344 g/mol. The molecule has 0 unspecified atom stereocenters. The van der Waals surface area contributed by atoms with Gasteiger partial charge in [0.1, 0.15) is 17.2 Å². The topological polar surface area (TPSA) is 55.8 Å². The predicted octanol–water partition coefficient (Wildman–Crippen LogP) is 4.68. The summed E-state index contributed by atoms with van der Waals surface area (Å²) in [7, 11) is 1.59. The summed E-state index contributed by atoms with van der Waals surface area (Å²) >= 11 is 0. The number of benzene rings is 3. The third-order valence-corrected chi connectivity index (χ3v) is 4.27. The highest BCUT2D eigenvalue weighted by atomic mass is 16.5. The monoisotopic (exact) mass is 344 g/mol. The Kier molecular flexibility index (Phi) is 3.93. The Morgan fingerprint density at radius 1 is 0.962 bits per heavy atom. The number of hydrogen-bond donors (Lipinski definition) is 1. The Bertz CT molecular complexity index is 1020. The van der Waals surface area contributed by atoms with Crippen LogP contribution in [0.4, 0.5) is 0 Å². The molecule has 3 aromatic carbocycles. The van der Waals surface area contributed by atoms with Crippen LogP contribution in [0.1, 0.15) is 15.9 Å². The lowest BCUT2D eigenvalue weighted by atomic mass is 9.95. The highest BCUT2D eigenvalue weighted by molar-refractivity contribution is 6.18. The number of methoxy groups -OCH3 is 1. The first-order valence-corrected chi connectivity index (χ1v) is 8.17. The molecule has 0 aromatic heterocycles. The Hall–Kier alpha value is -3.53. The maximum atomic E-state index is 13.0. The van der Waals surface area contributed by atoms with E-state index in [0.29, 0.717) is 22.6 Å². The largest absolute Gasteiger partial charge is 0.507 e. The summed E-state index contributed by atoms with van der Waals surface area (Å²) in [6, 6.07) is 19.8. The fraction of sp³-hybridized carbons (Fsp3) is 0.0455. The molecule has 1 aliphatic heterocycles. The van der Waals surface area contributed by atoms with Gasteiger partial charge in [0.2, 0.25) is 5.78 Å². The Balaban J connectivity index is 1.80. The van der Waals surface area contributed by atoms with E-state index in [4.69, 9.17) is 9.47 Å². The Morgan fingerprint density at radius 2 is 1.77 bits per heavy atom. The zero-order valence-corrected chi connectivity index (χ0v) is 14.1. The van der Waals surface area contributed by atoms with Gasteiger partial charge in [0, 0.05) is 5.56 Å². The molecular formula is C22H16O4. The molecule has 0 spiro atoms. The number of hydrogen-bond acceptors (Lipinski definition) is 4. The van der Waals surface area contributed by atoms with Crippen molar-refractivity contribution in [2.24, 2.45) is 0 Å². The van der Waals surface area contributed by atoms with E-state index in [9.17, 15) is 9.90 Å². The second kappa shape index (κ2) is 6.41. The van der Waals surface area contributed by atoms with Crippen LogP contribution in [0.25, 0.3) is 17.2 Å². The van der Waals surface area contributed by atoms with Gasteiger partial charge < -0.3 is 14.6 Å². The SMILES string of the molecule is COc1cccc(/C=C2\Oc3ccc(O)c(-c4ccccc4)c3C2=O)c1. The molecule has 3 aromatic rings. The van der Waals surface area contributed by atoms with Gasteiger partial charge in [-0.3, -0.25) is 4.79 Å². The number of phenolic OH excluding ortho intramolecular Hbond substituents is 1. The van der Waals surface area contributed by atoms with Gasteiger partial charge in [-0.25, -0.2) is 0 Å². The van der Waals surface area contributed by atoms with Gasteiger partial charge in [-0.05, 0) is 41.5 Å². The number of Topliss-reactive ketones (excluding diaryl/α,β-unsaturated/α-hetero) is 1. The van der Waals surface area contributed by atoms with Crippen LogP contribution < -0.4 is 9.47 Å². The van der Waals surface area contributed by atoms with Gasteiger partial charge in [-0.1, -0.05) is 42.5 Å². The standard InChI is InChI=1S/C22H16O4/c1-25-16-9-5-6-14(12-16)13-19-22(24)21-18(26-19)11-10-17(23)20(21)15-7-3-2-4-8-15/h2-13,23H,1H3/b19-13-. The molecule has 0 bridgehead atoms. The fourth-order valence-electron chi connectivity index (χ4n) is 3.05. The highest BCUT2D eigenvalue weighted by Gasteiger charge is 2.32. The summed E-state index contributed by atoms with van der Waals surface area (Å²) in [5.41, 5.74) is 2.43. The molecule has 0 aliphatic carbocycles. The molecule has 4 rings (SSSR count). The lowest BCUT2D eigenvalue weighted by Gasteiger charge is -2.08. The van der Waals surface area contributed by atoms with Crippen LogP contribution in [0.2, 0.25) is 0 Å². The fourth-order valence-corrected chi connectivity index (χ4v) is 3.05. The van der Waals surface area contributed by atoms with Gasteiger partial charge in [0.15, 0.2) is 5.76 Å². The molecule has 0 fully saturated rings. The van der Waals surface area contributed by atoms with Gasteiger partial charge in [-0.2, -0.15) is 0 Å². The van der Waals surface area contributed by atoms with Crippen molar-refractivity contribution < 1.29 is 19.4 Å². The molecule has 4 heteroatoms. The van der Waals surface area contributed by atoms with Crippen molar-refractivity contribution in [2.45, 2.75) is 0 Å². The number of aromatic hydroxyl groups is 1. The zero-order chi connectivity index (χ0) is 18.1. The minimum absolute atomic E-state index is 0.0505. The number of rotatable bonds is 3. The van der Waals surface area contributed by atoms with Crippen LogP contribution in [0.3, 0.4) is 0 Å². The van der Waals surface area contributed by atoms with E-state index in [1.165, 1.54) is 0 Å². The van der Waals surface area contributed by atoms with Gasteiger partial charge >= 0.3 is 0 Å². The zero-order valence-electron chi connectivity index (χ0n) is 14.1. The molecule has 1 N–H and O–H groups in total. The van der Waals surface area contributed by atoms with Crippen molar-refractivity contribution in [1.29, 1.82) is 0 Å². The molecule has 0 saturated carbocycles. The number of phenols is 1. The first-order valence-electron chi connectivity index (χ1n) is 8.17. The third kappa shape index (κ3) is 2.71. The van der Waals surface area contributed by atoms with Crippen molar-refractivity contribution in [3.63, 3.8) is 0 Å². The van der Waals surface area contributed by atoms with Crippen molar-refractivity contribution in [2.75, 3.05) is 7.11 Å². The van der Waals surface area contributed by atoms with Crippen LogP contribution in [0.15, 0.2) is 72.5 Å². The highest BCUT2D eigenvalue weighted by Crippen LogP contribution is 2.43. The number of allylic oxidation sites excluding steroid dienone is 1. The third-order valence-electron chi connectivity index (χ3n) is 4.27. The molecule has 0 saturated heterocycles. The van der Waals surface area contributed by atoms with E-state index >= 15 is 0 Å². The molecule has 0 amide bonds. The van der Waals surface area contributed by atoms with Crippen LogP contribution >= 0.6 is 0 Å². The second-order valence-corrected chi connectivity index (χ2v) is 5.92. The van der Waals surface area contributed by atoms with Gasteiger partial charge in [0.25, 0.3) is 0 Å². The maximum Gasteiger partial charge on any atom is 0.232 e. The van der Waals surface area contributed by atoms with E-state index in [1.54, 1.807) is 25.3 Å². The van der Waals surface area contributed by atoms with Crippen LogP contribution in [-0.2, 0) is 0 Å². The van der Waals surface area contributed by atoms with Crippen LogP contribution in [-0.4, -0.2) is 18.0 Å². The number of fused-ring (bicyclic) bond motifs is 1. The van der Waals surface area contributed by atoms with Crippen molar-refractivity contribution in [1.82, 2.24) is 0 Å². The van der Waals surface area contributed by atoms with E-state index < -0.39 is 0 Å². The molecule has 128 valence electrons. The predicted molar refractivity (Wildman–Crippen MR) is 99.5 cm³/mol. The van der Waals surface area contributed by atoms with Crippen LogP contribution in [0.5, 0.6) is 17.2 Å². The lowest BCUT2D eigenvalue weighted by Crippen LogP contribution is -2.00. The van der Waals surface area contributed by atoms with Crippen molar-refractivity contribution in [3.05, 3.63) is 83.6 Å². The molecule has 1 heterocycles. The summed E-state index contributed by atoms with van der Waals surface area (Å²) in [5, 5.41) is 10.3. The van der Waals surface area contributed by atoms with Crippen LogP contribution in [0, 0.1) is 0 Å². The number of ketones is 1. The smallest absolute Gasteiger partial charge is 0.232 e. The molecular weight excluding hydrogens is 328 g/mol.